The second-order valence-electron chi connectivity index (χ2n) is 3.97. The molecule has 100 valence electrons. The van der Waals surface area contributed by atoms with E-state index in [1.165, 1.54) is 0 Å². The Morgan fingerprint density at radius 2 is 1.63 bits per heavy atom. The molecule has 0 saturated heterocycles. The Balaban J connectivity index is 2.16. The molecule has 0 unspecified atom stereocenters. The molecule has 0 heterocycles. The summed E-state index contributed by atoms with van der Waals surface area (Å²) in [7, 11) is 0. The van der Waals surface area contributed by atoms with Gasteiger partial charge in [0.1, 0.15) is 6.61 Å². The van der Waals surface area contributed by atoms with Crippen molar-refractivity contribution in [3.8, 4) is 5.75 Å². The molecule has 0 aliphatic carbocycles. The van der Waals surface area contributed by atoms with Gasteiger partial charge in [0.15, 0.2) is 5.75 Å². The summed E-state index contributed by atoms with van der Waals surface area (Å²) in [5.74, 6) is 0.403. The van der Waals surface area contributed by atoms with E-state index in [4.69, 9.17) is 44.6 Å². The van der Waals surface area contributed by atoms with Crippen molar-refractivity contribution in [2.75, 3.05) is 0 Å². The number of hydrogen-bond donors (Lipinski definition) is 1. The zero-order valence-corrected chi connectivity index (χ0v) is 12.1. The van der Waals surface area contributed by atoms with Crippen LogP contribution in [0.4, 0.5) is 0 Å². The Kier molecular flexibility index (Phi) is 4.94. The maximum atomic E-state index is 9.04. The Morgan fingerprint density at radius 1 is 0.947 bits per heavy atom. The number of benzene rings is 2. The van der Waals surface area contributed by atoms with Crippen molar-refractivity contribution in [1.82, 2.24) is 0 Å². The van der Waals surface area contributed by atoms with Crippen LogP contribution in [-0.2, 0) is 13.2 Å². The van der Waals surface area contributed by atoms with Crippen LogP contribution >= 0.6 is 34.8 Å². The fourth-order valence-corrected chi connectivity index (χ4v) is 2.48. The first-order valence-corrected chi connectivity index (χ1v) is 6.69. The molecule has 2 rings (SSSR count). The first kappa shape index (κ1) is 14.5. The van der Waals surface area contributed by atoms with Gasteiger partial charge in [-0.05, 0) is 35.4 Å². The number of aliphatic hydroxyl groups excluding tert-OH is 1. The number of halogens is 3. The average Bonchev–Trinajstić information content (AvgIpc) is 2.37. The van der Waals surface area contributed by atoms with E-state index in [0.29, 0.717) is 33.0 Å². The summed E-state index contributed by atoms with van der Waals surface area (Å²) in [5.41, 5.74) is 1.57. The fraction of sp³-hybridized carbons (Fsp3) is 0.143. The van der Waals surface area contributed by atoms with E-state index < -0.39 is 0 Å². The van der Waals surface area contributed by atoms with Crippen molar-refractivity contribution < 1.29 is 9.84 Å². The summed E-state index contributed by atoms with van der Waals surface area (Å²) in [5, 5.41) is 10.4. The molecule has 0 aromatic heterocycles. The summed E-state index contributed by atoms with van der Waals surface area (Å²) in [4.78, 5) is 0. The minimum Gasteiger partial charge on any atom is -0.486 e. The summed E-state index contributed by atoms with van der Waals surface area (Å²) in [6.45, 7) is 0.201. The molecule has 0 aliphatic heterocycles. The summed E-state index contributed by atoms with van der Waals surface area (Å²) < 4.78 is 5.60. The van der Waals surface area contributed by atoms with Crippen molar-refractivity contribution in [1.29, 1.82) is 0 Å². The highest BCUT2D eigenvalue weighted by Crippen LogP contribution is 2.34. The van der Waals surface area contributed by atoms with E-state index in [2.05, 4.69) is 0 Å². The lowest BCUT2D eigenvalue weighted by Gasteiger charge is -2.11. The molecule has 19 heavy (non-hydrogen) atoms. The predicted molar refractivity (Wildman–Crippen MR) is 78.2 cm³/mol. The van der Waals surface area contributed by atoms with E-state index in [1.807, 2.05) is 18.2 Å². The van der Waals surface area contributed by atoms with Gasteiger partial charge in [-0.2, -0.15) is 0 Å². The zero-order chi connectivity index (χ0) is 13.8. The highest BCUT2D eigenvalue weighted by Gasteiger charge is 2.10. The average molecular weight is 318 g/mol. The minimum atomic E-state index is -0.117. The van der Waals surface area contributed by atoms with Crippen LogP contribution in [0, 0.1) is 0 Å². The quantitative estimate of drug-likeness (QED) is 0.884. The largest absolute Gasteiger partial charge is 0.486 e. The minimum absolute atomic E-state index is 0.117. The van der Waals surface area contributed by atoms with Gasteiger partial charge in [0.05, 0.1) is 16.7 Å². The van der Waals surface area contributed by atoms with Crippen molar-refractivity contribution in [2.45, 2.75) is 13.2 Å². The maximum Gasteiger partial charge on any atom is 0.156 e. The zero-order valence-electron chi connectivity index (χ0n) is 9.87. The molecule has 2 aromatic carbocycles. The lowest BCUT2D eigenvalue weighted by atomic mass is 10.2. The number of hydrogen-bond acceptors (Lipinski definition) is 2. The van der Waals surface area contributed by atoms with Crippen molar-refractivity contribution in [3.63, 3.8) is 0 Å². The third-order valence-electron chi connectivity index (χ3n) is 2.51. The molecule has 2 aromatic rings. The third-order valence-corrected chi connectivity index (χ3v) is 3.31. The molecule has 0 aliphatic rings. The molecule has 0 radical (unpaired) electrons. The second-order valence-corrected chi connectivity index (χ2v) is 5.22. The Hall–Kier alpha value is -0.930. The van der Waals surface area contributed by atoms with Gasteiger partial charge in [0.25, 0.3) is 0 Å². The van der Waals surface area contributed by atoms with Crippen molar-refractivity contribution >= 4 is 34.8 Å². The molecule has 2 nitrogen and oxygen atoms in total. The van der Waals surface area contributed by atoms with Crippen LogP contribution in [0.5, 0.6) is 5.75 Å². The molecule has 0 atom stereocenters. The molecule has 0 amide bonds. The number of aliphatic hydroxyl groups is 1. The van der Waals surface area contributed by atoms with Gasteiger partial charge in [0.2, 0.25) is 0 Å². The topological polar surface area (TPSA) is 29.5 Å². The number of rotatable bonds is 4. The number of ether oxygens (including phenoxy) is 1. The maximum absolute atomic E-state index is 9.04. The lowest BCUT2D eigenvalue weighted by Crippen LogP contribution is -1.97. The van der Waals surface area contributed by atoms with Gasteiger partial charge in [0, 0.05) is 5.02 Å². The van der Waals surface area contributed by atoms with E-state index >= 15 is 0 Å². The molecular formula is C14H11Cl3O2. The SMILES string of the molecule is OCc1cc(Cl)c(OCc2cccc(Cl)c2)c(Cl)c1. The molecular weight excluding hydrogens is 307 g/mol. The molecule has 0 saturated carbocycles. The fourth-order valence-electron chi connectivity index (χ4n) is 1.62. The molecule has 0 spiro atoms. The summed E-state index contributed by atoms with van der Waals surface area (Å²) >= 11 is 18.0. The van der Waals surface area contributed by atoms with Crippen molar-refractivity contribution in [3.05, 3.63) is 62.6 Å². The van der Waals surface area contributed by atoms with Gasteiger partial charge in [-0.1, -0.05) is 46.9 Å². The Bertz CT molecular complexity index is 562. The lowest BCUT2D eigenvalue weighted by molar-refractivity contribution is 0.281. The van der Waals surface area contributed by atoms with Crippen LogP contribution in [-0.4, -0.2) is 5.11 Å². The van der Waals surface area contributed by atoms with Gasteiger partial charge in [-0.3, -0.25) is 0 Å². The van der Waals surface area contributed by atoms with Crippen LogP contribution in [0.1, 0.15) is 11.1 Å². The Labute approximate surface area is 126 Å². The van der Waals surface area contributed by atoms with E-state index in [9.17, 15) is 0 Å². The normalized spacial score (nSPS) is 10.5. The van der Waals surface area contributed by atoms with Gasteiger partial charge < -0.3 is 9.84 Å². The van der Waals surface area contributed by atoms with E-state index in [-0.39, 0.29) is 6.61 Å². The third kappa shape index (κ3) is 3.77. The Morgan fingerprint density at radius 3 is 2.21 bits per heavy atom. The standard InChI is InChI=1S/C14H11Cl3O2/c15-11-3-1-2-9(4-11)8-19-14-12(16)5-10(7-18)6-13(14)17/h1-6,18H,7-8H2. The summed E-state index contributed by atoms with van der Waals surface area (Å²) in [6.07, 6.45) is 0. The van der Waals surface area contributed by atoms with E-state index in [0.717, 1.165) is 5.56 Å². The molecule has 0 bridgehead atoms. The highest BCUT2D eigenvalue weighted by molar-refractivity contribution is 6.37. The van der Waals surface area contributed by atoms with Crippen molar-refractivity contribution in [2.24, 2.45) is 0 Å². The van der Waals surface area contributed by atoms with Gasteiger partial charge in [-0.15, -0.1) is 0 Å². The van der Waals surface area contributed by atoms with Gasteiger partial charge >= 0.3 is 0 Å². The smallest absolute Gasteiger partial charge is 0.156 e. The molecule has 5 heteroatoms. The molecule has 1 N–H and O–H groups in total. The second kappa shape index (κ2) is 6.49. The monoisotopic (exact) mass is 316 g/mol. The van der Waals surface area contributed by atoms with Crippen LogP contribution < -0.4 is 4.74 Å². The first-order chi connectivity index (χ1) is 9.10. The highest BCUT2D eigenvalue weighted by atomic mass is 35.5. The molecule has 0 fully saturated rings. The predicted octanol–water partition coefficient (Wildman–Crippen LogP) is 4.72. The van der Waals surface area contributed by atoms with Crippen LogP contribution in [0.2, 0.25) is 15.1 Å². The van der Waals surface area contributed by atoms with E-state index in [1.54, 1.807) is 18.2 Å². The van der Waals surface area contributed by atoms with Crippen LogP contribution in [0.15, 0.2) is 36.4 Å². The van der Waals surface area contributed by atoms with Crippen LogP contribution in [0.3, 0.4) is 0 Å². The van der Waals surface area contributed by atoms with Crippen LogP contribution in [0.25, 0.3) is 0 Å². The first-order valence-electron chi connectivity index (χ1n) is 5.56. The van der Waals surface area contributed by atoms with Gasteiger partial charge in [-0.25, -0.2) is 0 Å². The summed E-state index contributed by atoms with van der Waals surface area (Å²) in [6, 6.07) is 10.6.